The van der Waals surface area contributed by atoms with Gasteiger partial charge in [0.15, 0.2) is 0 Å². The van der Waals surface area contributed by atoms with Crippen molar-refractivity contribution in [1.29, 1.82) is 0 Å². The average Bonchev–Trinajstić information content (AvgIpc) is 1.56. The van der Waals surface area contributed by atoms with Crippen LogP contribution in [0.2, 0.25) is 10.5 Å². The van der Waals surface area contributed by atoms with E-state index in [1.54, 1.807) is 0 Å². The first-order valence-corrected chi connectivity index (χ1v) is 10.3. The minimum absolute atomic E-state index is 0.661. The van der Waals surface area contributed by atoms with E-state index >= 15 is 0 Å². The Morgan fingerprint density at radius 3 is 1.09 bits per heavy atom. The predicted octanol–water partition coefficient (Wildman–Crippen LogP) is 4.10. The Morgan fingerprint density at radius 2 is 1.09 bits per heavy atom. The molecule has 0 N–H and O–H groups in total. The van der Waals surface area contributed by atoms with Crippen molar-refractivity contribution in [2.24, 2.45) is 0 Å². The van der Waals surface area contributed by atoms with Gasteiger partial charge in [0.2, 0.25) is 0 Å². The first-order valence-electron chi connectivity index (χ1n) is 4.69. The zero-order chi connectivity index (χ0) is 9.28. The van der Waals surface area contributed by atoms with E-state index in [0.29, 0.717) is 6.34 Å². The molecule has 0 aromatic heterocycles. The van der Waals surface area contributed by atoms with Crippen LogP contribution in [0.25, 0.3) is 0 Å². The Kier molecular flexibility index (Phi) is 4.02. The number of rotatable bonds is 1. The van der Waals surface area contributed by atoms with Gasteiger partial charge in [-0.3, -0.25) is 0 Å². The van der Waals surface area contributed by atoms with E-state index in [1.807, 2.05) is 0 Å². The molecule has 0 aromatic rings. The van der Waals surface area contributed by atoms with Crippen LogP contribution in [0.15, 0.2) is 0 Å². The van der Waals surface area contributed by atoms with Crippen molar-refractivity contribution in [2.45, 2.75) is 59.0 Å². The normalized spacial score (nSPS) is 13.4. The quantitative estimate of drug-likeness (QED) is 0.664. The van der Waals surface area contributed by atoms with Crippen molar-refractivity contribution < 1.29 is 0 Å². The molecule has 0 saturated carbocycles. The molecule has 0 heterocycles. The molecule has 0 fully saturated rings. The van der Waals surface area contributed by atoms with Gasteiger partial charge in [0, 0.05) is 0 Å². The van der Waals surface area contributed by atoms with Crippen LogP contribution in [-0.2, 0) is 0 Å². The van der Waals surface area contributed by atoms with Gasteiger partial charge in [0.05, 0.1) is 0 Å². The molecular weight excluding hydrogens is 235 g/mol. The molecule has 0 nitrogen and oxygen atoms in total. The summed E-state index contributed by atoms with van der Waals surface area (Å²) in [6.07, 6.45) is 0. The van der Waals surface area contributed by atoms with Crippen molar-refractivity contribution in [3.63, 3.8) is 0 Å². The van der Waals surface area contributed by atoms with Gasteiger partial charge in [-0.1, -0.05) is 0 Å². The summed E-state index contributed by atoms with van der Waals surface area (Å²) in [5.41, 5.74) is 0. The fourth-order valence-corrected chi connectivity index (χ4v) is 16.9. The summed E-state index contributed by atoms with van der Waals surface area (Å²) in [4.78, 5) is 0. The van der Waals surface area contributed by atoms with Crippen LogP contribution in [0.3, 0.4) is 0 Å². The summed E-state index contributed by atoms with van der Waals surface area (Å²) >= 11 is -1.31. The molecule has 0 unspecified atom stereocenters. The monoisotopic (exact) mass is 258 g/mol. The van der Waals surface area contributed by atoms with E-state index < -0.39 is 21.4 Å². The van der Waals surface area contributed by atoms with Crippen LogP contribution < -0.4 is 0 Å². The summed E-state index contributed by atoms with van der Waals surface area (Å²) in [6, 6.07) is 0. The number of hydrogen-bond donors (Lipinski definition) is 0. The van der Waals surface area contributed by atoms with Gasteiger partial charge >= 0.3 is 80.4 Å². The van der Waals surface area contributed by atoms with Gasteiger partial charge in [-0.25, -0.2) is 0 Å². The fraction of sp³-hybridized carbons (Fsp3) is 1.00. The van der Waals surface area contributed by atoms with Gasteiger partial charge < -0.3 is 0 Å². The van der Waals surface area contributed by atoms with Crippen LogP contribution in [0.1, 0.15) is 48.5 Å². The van der Waals surface area contributed by atoms with Crippen LogP contribution >= 0.6 is 0 Å². The first kappa shape index (κ1) is 11.9. The zero-order valence-electron chi connectivity index (χ0n) is 9.28. The standard InChI is InChI=1S/2C4H9.C2H5.In/c2*1-4(2)3;1-2;/h2*1-3H3;1H2,2H3;. The molecule has 0 rings (SSSR count). The van der Waals surface area contributed by atoms with Crippen LogP contribution in [0.5, 0.6) is 0 Å². The molecule has 0 aliphatic rings. The predicted molar refractivity (Wildman–Crippen MR) is 55.7 cm³/mol. The molecule has 1 heteroatoms. The molecule has 0 aliphatic carbocycles. The summed E-state index contributed by atoms with van der Waals surface area (Å²) in [7, 11) is 0. The second-order valence-corrected chi connectivity index (χ2v) is 21.1. The molecule has 11 heavy (non-hydrogen) atoms. The molecule has 0 aromatic carbocycles. The molecule has 0 spiro atoms. The molecule has 0 atom stereocenters. The van der Waals surface area contributed by atoms with Crippen molar-refractivity contribution in [2.75, 3.05) is 0 Å². The molecule has 0 radical (unpaired) electrons. The van der Waals surface area contributed by atoms with Gasteiger partial charge in [-0.2, -0.15) is 0 Å². The van der Waals surface area contributed by atoms with Gasteiger partial charge in [0.1, 0.15) is 0 Å². The Morgan fingerprint density at radius 1 is 0.818 bits per heavy atom. The summed E-state index contributed by atoms with van der Waals surface area (Å²) in [5, 5.41) is 0. The van der Waals surface area contributed by atoms with Gasteiger partial charge in [-0.05, 0) is 0 Å². The topological polar surface area (TPSA) is 0 Å². The van der Waals surface area contributed by atoms with Crippen LogP contribution in [0, 0.1) is 0 Å². The number of hydrogen-bond acceptors (Lipinski definition) is 0. The third kappa shape index (κ3) is 3.87. The third-order valence-corrected chi connectivity index (χ3v) is 16.8. The first-order chi connectivity index (χ1) is 4.69. The molecular formula is C10H23In. The van der Waals surface area contributed by atoms with E-state index in [-0.39, 0.29) is 0 Å². The van der Waals surface area contributed by atoms with Crippen LogP contribution in [0.4, 0.5) is 0 Å². The zero-order valence-corrected chi connectivity index (χ0v) is 12.6. The van der Waals surface area contributed by atoms with Gasteiger partial charge in [0.25, 0.3) is 0 Å². The van der Waals surface area contributed by atoms with Crippen molar-refractivity contribution in [3.8, 4) is 0 Å². The Bertz CT molecular complexity index is 99.8. The van der Waals surface area contributed by atoms with E-state index in [9.17, 15) is 0 Å². The van der Waals surface area contributed by atoms with Crippen molar-refractivity contribution >= 4 is 21.4 Å². The van der Waals surface area contributed by atoms with Crippen molar-refractivity contribution in [3.05, 3.63) is 0 Å². The van der Waals surface area contributed by atoms with E-state index in [2.05, 4.69) is 48.5 Å². The minimum atomic E-state index is -1.31. The maximum atomic E-state index is 2.43. The van der Waals surface area contributed by atoms with E-state index in [0.717, 1.165) is 0 Å². The Balaban J connectivity index is 4.43. The SMILES string of the molecule is C[CH2][In]([C](C)(C)C)[C](C)(C)C. The maximum absolute atomic E-state index is 2.43. The molecule has 0 aliphatic heterocycles. The summed E-state index contributed by atoms with van der Waals surface area (Å²) < 4.78 is 2.82. The summed E-state index contributed by atoms with van der Waals surface area (Å²) in [6.45, 7) is 17.0. The van der Waals surface area contributed by atoms with E-state index in [1.165, 1.54) is 4.18 Å². The average molecular weight is 258 g/mol. The molecule has 0 bridgehead atoms. The molecule has 0 amide bonds. The Labute approximate surface area is 80.3 Å². The Hall–Kier alpha value is 0.870. The second-order valence-electron chi connectivity index (χ2n) is 5.69. The fourth-order valence-electron chi connectivity index (χ4n) is 2.52. The van der Waals surface area contributed by atoms with Crippen molar-refractivity contribution in [1.82, 2.24) is 0 Å². The molecule has 66 valence electrons. The second kappa shape index (κ2) is 3.72. The van der Waals surface area contributed by atoms with E-state index in [4.69, 9.17) is 0 Å². The summed E-state index contributed by atoms with van der Waals surface area (Å²) in [5.74, 6) is 0. The van der Waals surface area contributed by atoms with Gasteiger partial charge in [-0.15, -0.1) is 0 Å². The third-order valence-electron chi connectivity index (χ3n) is 2.50. The van der Waals surface area contributed by atoms with Crippen LogP contribution in [-0.4, -0.2) is 21.4 Å². The molecule has 0 saturated heterocycles.